The lowest BCUT2D eigenvalue weighted by Gasteiger charge is -2.33. The zero-order valence-corrected chi connectivity index (χ0v) is 18.6. The number of hydrogen-bond donors (Lipinski definition) is 3. The van der Waals surface area contributed by atoms with Crippen molar-refractivity contribution in [1.29, 1.82) is 0 Å². The maximum absolute atomic E-state index is 12.3. The van der Waals surface area contributed by atoms with E-state index in [1.807, 2.05) is 0 Å². The SMILES string of the molecule is Br.CCCCCC(NC(C)c1ccc(C)cc1)N(C(N)=O)c1ccc(O)cc1. The first-order valence-electron chi connectivity index (χ1n) is 9.62. The van der Waals surface area contributed by atoms with E-state index in [1.54, 1.807) is 29.2 Å². The first kappa shape index (κ1) is 24.0. The van der Waals surface area contributed by atoms with E-state index >= 15 is 0 Å². The van der Waals surface area contributed by atoms with Gasteiger partial charge in [0.2, 0.25) is 0 Å². The number of rotatable bonds is 9. The van der Waals surface area contributed by atoms with Gasteiger partial charge in [-0.05, 0) is 50.1 Å². The van der Waals surface area contributed by atoms with Crippen LogP contribution >= 0.6 is 17.0 Å². The Morgan fingerprint density at radius 3 is 2.25 bits per heavy atom. The Hall–Kier alpha value is -2.05. The van der Waals surface area contributed by atoms with Crippen LogP contribution in [-0.2, 0) is 0 Å². The van der Waals surface area contributed by atoms with E-state index in [-0.39, 0.29) is 34.9 Å². The van der Waals surface area contributed by atoms with Gasteiger partial charge in [-0.3, -0.25) is 10.2 Å². The highest BCUT2D eigenvalue weighted by atomic mass is 79.9. The third-order valence-corrected chi connectivity index (χ3v) is 4.78. The number of primary amides is 1. The second-order valence-electron chi connectivity index (χ2n) is 7.04. The molecule has 0 aliphatic rings. The second kappa shape index (κ2) is 11.7. The zero-order chi connectivity index (χ0) is 19.8. The number of hydrogen-bond acceptors (Lipinski definition) is 3. The number of phenols is 1. The smallest absolute Gasteiger partial charge is 0.320 e. The fourth-order valence-corrected chi connectivity index (χ4v) is 3.19. The van der Waals surface area contributed by atoms with Crippen LogP contribution in [0.5, 0.6) is 5.75 Å². The second-order valence-corrected chi connectivity index (χ2v) is 7.04. The number of nitrogens with zero attached hydrogens (tertiary/aromatic N) is 1. The molecule has 0 spiro atoms. The van der Waals surface area contributed by atoms with Crippen LogP contribution < -0.4 is 16.0 Å². The Labute approximate surface area is 178 Å². The minimum atomic E-state index is -0.509. The average Bonchev–Trinajstić information content (AvgIpc) is 2.63. The molecule has 4 N–H and O–H groups in total. The molecule has 154 valence electrons. The molecule has 0 aliphatic carbocycles. The predicted molar refractivity (Wildman–Crippen MR) is 121 cm³/mol. The number of carbonyl (C=O) groups excluding carboxylic acids is 1. The minimum Gasteiger partial charge on any atom is -0.508 e. The summed E-state index contributed by atoms with van der Waals surface area (Å²) in [6, 6.07) is 14.5. The van der Waals surface area contributed by atoms with E-state index in [4.69, 9.17) is 5.73 Å². The van der Waals surface area contributed by atoms with Gasteiger partial charge in [-0.25, -0.2) is 4.79 Å². The van der Waals surface area contributed by atoms with Crippen molar-refractivity contribution < 1.29 is 9.90 Å². The Balaban J connectivity index is 0.00000392. The number of unbranched alkanes of at least 4 members (excludes halogenated alkanes) is 2. The number of carbonyl (C=O) groups is 1. The highest BCUT2D eigenvalue weighted by molar-refractivity contribution is 8.93. The number of aromatic hydroxyl groups is 1. The maximum atomic E-state index is 12.3. The summed E-state index contributed by atoms with van der Waals surface area (Å²) in [5.41, 5.74) is 8.78. The van der Waals surface area contributed by atoms with Crippen LogP contribution in [0.3, 0.4) is 0 Å². The van der Waals surface area contributed by atoms with E-state index in [0.717, 1.165) is 31.2 Å². The van der Waals surface area contributed by atoms with Gasteiger partial charge >= 0.3 is 6.03 Å². The molecule has 0 aliphatic heterocycles. The molecule has 0 saturated heterocycles. The van der Waals surface area contributed by atoms with Gasteiger partial charge in [0, 0.05) is 11.7 Å². The quantitative estimate of drug-likeness (QED) is 0.353. The van der Waals surface area contributed by atoms with Crippen LogP contribution in [0.15, 0.2) is 48.5 Å². The molecule has 6 heteroatoms. The third kappa shape index (κ3) is 6.84. The molecule has 0 fully saturated rings. The van der Waals surface area contributed by atoms with E-state index < -0.39 is 6.03 Å². The summed E-state index contributed by atoms with van der Waals surface area (Å²) in [5.74, 6) is 0.159. The third-order valence-electron chi connectivity index (χ3n) is 4.78. The fraction of sp³-hybridized carbons (Fsp3) is 0.409. The molecule has 28 heavy (non-hydrogen) atoms. The summed E-state index contributed by atoms with van der Waals surface area (Å²) < 4.78 is 0. The Kier molecular flexibility index (Phi) is 10.0. The van der Waals surface area contributed by atoms with Crippen LogP contribution in [0, 0.1) is 6.92 Å². The molecule has 5 nitrogen and oxygen atoms in total. The van der Waals surface area contributed by atoms with Crippen LogP contribution in [-0.4, -0.2) is 17.3 Å². The lowest BCUT2D eigenvalue weighted by atomic mass is 10.0. The maximum Gasteiger partial charge on any atom is 0.320 e. The van der Waals surface area contributed by atoms with Crippen molar-refractivity contribution in [3.63, 3.8) is 0 Å². The molecule has 0 radical (unpaired) electrons. The molecule has 0 heterocycles. The average molecular weight is 450 g/mol. The number of halogens is 1. The first-order chi connectivity index (χ1) is 12.9. The summed E-state index contributed by atoms with van der Waals surface area (Å²) in [4.78, 5) is 13.9. The standard InChI is InChI=1S/C22H31N3O2.BrH/c1-4-5-6-7-21(24-17(3)18-10-8-16(2)9-11-18)25(22(23)27)19-12-14-20(26)15-13-19;/h8-15,17,21,24,26H,4-7H2,1-3H3,(H2,23,27);1H. The summed E-state index contributed by atoms with van der Waals surface area (Å²) in [6.07, 6.45) is 3.77. The molecule has 2 aromatic rings. The predicted octanol–water partition coefficient (Wildman–Crippen LogP) is 5.42. The molecule has 2 amide bonds. The summed E-state index contributed by atoms with van der Waals surface area (Å²) >= 11 is 0. The normalized spacial score (nSPS) is 12.7. The van der Waals surface area contributed by atoms with Crippen LogP contribution in [0.1, 0.15) is 56.7 Å². The highest BCUT2D eigenvalue weighted by Gasteiger charge is 2.25. The van der Waals surface area contributed by atoms with Crippen molar-refractivity contribution in [2.45, 2.75) is 58.7 Å². The van der Waals surface area contributed by atoms with Crippen LogP contribution in [0.4, 0.5) is 10.5 Å². The van der Waals surface area contributed by atoms with Gasteiger partial charge in [0.05, 0.1) is 6.17 Å². The van der Waals surface area contributed by atoms with E-state index in [2.05, 4.69) is 50.4 Å². The summed E-state index contributed by atoms with van der Waals surface area (Å²) in [5, 5.41) is 13.1. The molecular weight excluding hydrogens is 418 g/mol. The van der Waals surface area contributed by atoms with Crippen molar-refractivity contribution in [1.82, 2.24) is 5.32 Å². The number of nitrogens with two attached hydrogens (primary N) is 1. The van der Waals surface area contributed by atoms with Crippen molar-refractivity contribution in [3.8, 4) is 5.75 Å². The van der Waals surface area contributed by atoms with Gasteiger partial charge in [-0.1, -0.05) is 56.0 Å². The number of urea groups is 1. The fourth-order valence-electron chi connectivity index (χ4n) is 3.19. The van der Waals surface area contributed by atoms with Gasteiger partial charge in [-0.2, -0.15) is 0 Å². The molecule has 2 unspecified atom stereocenters. The van der Waals surface area contributed by atoms with Crippen LogP contribution in [0.2, 0.25) is 0 Å². The molecule has 2 atom stereocenters. The van der Waals surface area contributed by atoms with Gasteiger partial charge in [0.25, 0.3) is 0 Å². The van der Waals surface area contributed by atoms with Gasteiger partial charge in [0.15, 0.2) is 0 Å². The topological polar surface area (TPSA) is 78.6 Å². The monoisotopic (exact) mass is 449 g/mol. The van der Waals surface area contributed by atoms with Crippen LogP contribution in [0.25, 0.3) is 0 Å². The molecule has 0 bridgehead atoms. The molecule has 0 aromatic heterocycles. The van der Waals surface area contributed by atoms with Gasteiger partial charge in [0.1, 0.15) is 5.75 Å². The number of anilines is 1. The molecule has 0 saturated carbocycles. The lowest BCUT2D eigenvalue weighted by molar-refractivity contribution is 0.248. The van der Waals surface area contributed by atoms with Crippen molar-refractivity contribution in [3.05, 3.63) is 59.7 Å². The first-order valence-corrected chi connectivity index (χ1v) is 9.62. The zero-order valence-electron chi connectivity index (χ0n) is 16.9. The van der Waals surface area contributed by atoms with Crippen molar-refractivity contribution in [2.24, 2.45) is 5.73 Å². The lowest BCUT2D eigenvalue weighted by Crippen LogP contribution is -2.52. The highest BCUT2D eigenvalue weighted by Crippen LogP contribution is 2.24. The van der Waals surface area contributed by atoms with Gasteiger partial charge in [-0.15, -0.1) is 17.0 Å². The van der Waals surface area contributed by atoms with E-state index in [0.29, 0.717) is 5.69 Å². The molecular formula is C22H32BrN3O2. The van der Waals surface area contributed by atoms with Crippen molar-refractivity contribution >= 4 is 28.7 Å². The summed E-state index contributed by atoms with van der Waals surface area (Å²) in [7, 11) is 0. The number of aryl methyl sites for hydroxylation is 1. The number of phenolic OH excluding ortho intramolecular Hbond substituents is 1. The minimum absolute atomic E-state index is 0. The molecule has 2 aromatic carbocycles. The Morgan fingerprint density at radius 1 is 1.11 bits per heavy atom. The number of amides is 2. The van der Waals surface area contributed by atoms with Crippen molar-refractivity contribution in [2.75, 3.05) is 4.90 Å². The Bertz CT molecular complexity index is 720. The van der Waals surface area contributed by atoms with E-state index in [1.165, 1.54) is 5.56 Å². The molecule has 2 rings (SSSR count). The largest absolute Gasteiger partial charge is 0.508 e. The van der Waals surface area contributed by atoms with Gasteiger partial charge < -0.3 is 10.8 Å². The van der Waals surface area contributed by atoms with E-state index in [9.17, 15) is 9.90 Å². The number of nitrogens with one attached hydrogen (secondary N) is 1. The Morgan fingerprint density at radius 2 is 1.71 bits per heavy atom. The number of benzene rings is 2. The summed E-state index contributed by atoms with van der Waals surface area (Å²) in [6.45, 7) is 6.31.